The molecule has 33 heavy (non-hydrogen) atoms. The number of carboxylic acid groups (broad SMARTS) is 1. The van der Waals surface area contributed by atoms with Crippen LogP contribution >= 0.6 is 0 Å². The minimum Gasteiger partial charge on any atom is -0.483 e. The highest BCUT2D eigenvalue weighted by atomic mass is 19.1. The molecule has 1 aliphatic rings. The predicted molar refractivity (Wildman–Crippen MR) is 125 cm³/mol. The monoisotopic (exact) mass is 452 g/mol. The van der Waals surface area contributed by atoms with Crippen molar-refractivity contribution in [1.29, 1.82) is 0 Å². The molecule has 172 valence electrons. The summed E-state index contributed by atoms with van der Waals surface area (Å²) in [6, 6.07) is 8.06. The Morgan fingerprint density at radius 1 is 1.15 bits per heavy atom. The quantitative estimate of drug-likeness (QED) is 0.402. The second-order valence-corrected chi connectivity index (χ2v) is 7.87. The Morgan fingerprint density at radius 3 is 2.55 bits per heavy atom. The summed E-state index contributed by atoms with van der Waals surface area (Å²) < 4.78 is 30.2. The first-order valence-corrected chi connectivity index (χ1v) is 10.6. The summed E-state index contributed by atoms with van der Waals surface area (Å²) in [5.74, 6) is -0.846. The van der Waals surface area contributed by atoms with Crippen LogP contribution in [0.25, 0.3) is 16.5 Å². The van der Waals surface area contributed by atoms with E-state index in [0.29, 0.717) is 12.0 Å². The summed E-state index contributed by atoms with van der Waals surface area (Å²) in [5.41, 5.74) is 7.20. The van der Waals surface area contributed by atoms with E-state index in [2.05, 4.69) is 22.0 Å². The fourth-order valence-electron chi connectivity index (χ4n) is 4.45. The number of hydrogen-bond acceptors (Lipinski definition) is 2. The number of nitrogens with zero attached hydrogens (tertiary/aromatic N) is 1. The highest BCUT2D eigenvalue weighted by Gasteiger charge is 2.20. The summed E-state index contributed by atoms with van der Waals surface area (Å²) in [7, 11) is 0. The highest BCUT2D eigenvalue weighted by Crippen LogP contribution is 2.36. The average molecular weight is 453 g/mol. The Bertz CT molecular complexity index is 1240. The average Bonchev–Trinajstić information content (AvgIpc) is 3.34. The summed E-state index contributed by atoms with van der Waals surface area (Å²) >= 11 is 0. The third-order valence-corrected chi connectivity index (χ3v) is 5.87. The topological polar surface area (TPSA) is 71.3 Å². The van der Waals surface area contributed by atoms with E-state index in [0.717, 1.165) is 53.1 Å². The van der Waals surface area contributed by atoms with Crippen molar-refractivity contribution in [3.8, 4) is 0 Å². The zero-order chi connectivity index (χ0) is 24.0. The molecule has 0 atom stereocenters. The first kappa shape index (κ1) is 23.9. The number of rotatable bonds is 6. The lowest BCUT2D eigenvalue weighted by Crippen LogP contribution is -2.05. The number of carbonyl (C=O) groups excluding carboxylic acids is 1. The summed E-state index contributed by atoms with van der Waals surface area (Å²) in [6.07, 6.45) is 9.18. The van der Waals surface area contributed by atoms with E-state index >= 15 is 0 Å². The molecule has 0 saturated carbocycles. The molecule has 0 saturated heterocycles. The molecule has 0 fully saturated rings. The standard InChI is InChI=1S/C25H24F2N2O.CH2O2/c1-16(5-4-10-28-15-30)25-17(2)29(14-20-11-21(26)8-9-23(20)27)24-13-19-7-3-6-18(19)12-22(24)25;2-1-3/h4-5,8-13,15H,3,6-7,14H2,1-2H3,(H,28,30);1H,(H,2,3)/b10-4-,16-5+;. The molecule has 4 rings (SSSR count). The van der Waals surface area contributed by atoms with Gasteiger partial charge in [0, 0.05) is 33.9 Å². The van der Waals surface area contributed by atoms with Crippen molar-refractivity contribution in [2.24, 2.45) is 0 Å². The summed E-state index contributed by atoms with van der Waals surface area (Å²) in [4.78, 5) is 18.8. The smallest absolute Gasteiger partial charge is 0.290 e. The molecule has 5 nitrogen and oxygen atoms in total. The second kappa shape index (κ2) is 10.7. The van der Waals surface area contributed by atoms with E-state index in [1.807, 2.05) is 19.9 Å². The Hall–Kier alpha value is -3.74. The van der Waals surface area contributed by atoms with Gasteiger partial charge >= 0.3 is 0 Å². The summed E-state index contributed by atoms with van der Waals surface area (Å²) in [5, 5.41) is 10.5. The molecule has 0 radical (unpaired) electrons. The molecular formula is C26H26F2N2O3. The van der Waals surface area contributed by atoms with Crippen molar-refractivity contribution in [3.05, 3.63) is 88.3 Å². The lowest BCUT2D eigenvalue weighted by molar-refractivity contribution is -0.122. The molecule has 1 aromatic heterocycles. The van der Waals surface area contributed by atoms with Crippen molar-refractivity contribution in [2.75, 3.05) is 0 Å². The van der Waals surface area contributed by atoms with E-state index in [1.54, 1.807) is 12.3 Å². The van der Waals surface area contributed by atoms with Gasteiger partial charge in [0.2, 0.25) is 6.41 Å². The maximum atomic E-state index is 14.4. The molecule has 7 heteroatoms. The van der Waals surface area contributed by atoms with E-state index in [-0.39, 0.29) is 13.0 Å². The van der Waals surface area contributed by atoms with E-state index < -0.39 is 11.6 Å². The van der Waals surface area contributed by atoms with Gasteiger partial charge in [-0.25, -0.2) is 8.78 Å². The zero-order valence-corrected chi connectivity index (χ0v) is 18.6. The van der Waals surface area contributed by atoms with Crippen LogP contribution < -0.4 is 5.32 Å². The molecule has 2 N–H and O–H groups in total. The fraction of sp³-hybridized carbons (Fsp3) is 0.231. The molecule has 1 amide bonds. The highest BCUT2D eigenvalue weighted by molar-refractivity contribution is 5.96. The number of aryl methyl sites for hydroxylation is 2. The van der Waals surface area contributed by atoms with Gasteiger partial charge in [-0.05, 0) is 86.2 Å². The van der Waals surface area contributed by atoms with Gasteiger partial charge < -0.3 is 15.0 Å². The molecule has 3 aromatic rings. The zero-order valence-electron chi connectivity index (χ0n) is 18.6. The number of aromatic nitrogens is 1. The Balaban J connectivity index is 0.000000968. The van der Waals surface area contributed by atoms with Gasteiger partial charge in [0.05, 0.1) is 6.54 Å². The molecule has 0 spiro atoms. The van der Waals surface area contributed by atoms with Crippen molar-refractivity contribution in [3.63, 3.8) is 0 Å². The van der Waals surface area contributed by atoms with Gasteiger partial charge in [0.1, 0.15) is 11.6 Å². The van der Waals surface area contributed by atoms with Gasteiger partial charge in [-0.2, -0.15) is 0 Å². The first-order valence-electron chi connectivity index (χ1n) is 10.6. The van der Waals surface area contributed by atoms with Crippen LogP contribution in [0.5, 0.6) is 0 Å². The van der Waals surface area contributed by atoms with Crippen molar-refractivity contribution in [2.45, 2.75) is 39.7 Å². The van der Waals surface area contributed by atoms with Crippen LogP contribution in [-0.2, 0) is 29.0 Å². The van der Waals surface area contributed by atoms with Crippen LogP contribution in [0.3, 0.4) is 0 Å². The van der Waals surface area contributed by atoms with Gasteiger partial charge in [-0.1, -0.05) is 6.08 Å². The van der Waals surface area contributed by atoms with Gasteiger partial charge in [-0.3, -0.25) is 9.59 Å². The molecule has 0 aliphatic heterocycles. The Labute approximate surface area is 191 Å². The summed E-state index contributed by atoms with van der Waals surface area (Å²) in [6.45, 7) is 4.05. The molecule has 0 bridgehead atoms. The number of benzene rings is 2. The normalized spacial score (nSPS) is 13.0. The van der Waals surface area contributed by atoms with E-state index in [4.69, 9.17) is 9.90 Å². The van der Waals surface area contributed by atoms with Gasteiger partial charge in [-0.15, -0.1) is 0 Å². The molecule has 1 heterocycles. The van der Waals surface area contributed by atoms with Gasteiger partial charge in [0.25, 0.3) is 6.47 Å². The predicted octanol–water partition coefficient (Wildman–Crippen LogP) is 5.13. The van der Waals surface area contributed by atoms with Gasteiger partial charge in [0.15, 0.2) is 0 Å². The number of nitrogens with one attached hydrogen (secondary N) is 1. The molecule has 1 aliphatic carbocycles. The van der Waals surface area contributed by atoms with Crippen molar-refractivity contribution >= 4 is 29.4 Å². The number of amides is 1. The number of allylic oxidation sites excluding steroid dienone is 3. The minimum atomic E-state index is -0.439. The van der Waals surface area contributed by atoms with Crippen LogP contribution in [-0.4, -0.2) is 22.6 Å². The lowest BCUT2D eigenvalue weighted by atomic mass is 10.00. The molecule has 2 aromatic carbocycles. The minimum absolute atomic E-state index is 0.250. The largest absolute Gasteiger partial charge is 0.483 e. The third kappa shape index (κ3) is 5.19. The Kier molecular flexibility index (Phi) is 7.77. The van der Waals surface area contributed by atoms with Crippen LogP contribution in [0.1, 0.15) is 41.3 Å². The fourth-order valence-corrected chi connectivity index (χ4v) is 4.45. The first-order chi connectivity index (χ1) is 15.9. The Morgan fingerprint density at radius 2 is 1.85 bits per heavy atom. The second-order valence-electron chi connectivity index (χ2n) is 7.87. The number of hydrogen-bond donors (Lipinski definition) is 2. The van der Waals surface area contributed by atoms with Crippen LogP contribution in [0, 0.1) is 18.6 Å². The van der Waals surface area contributed by atoms with Crippen molar-refractivity contribution < 1.29 is 23.5 Å². The van der Waals surface area contributed by atoms with E-state index in [9.17, 15) is 13.6 Å². The van der Waals surface area contributed by atoms with Crippen LogP contribution in [0.2, 0.25) is 0 Å². The number of carbonyl (C=O) groups is 2. The third-order valence-electron chi connectivity index (χ3n) is 5.87. The molecular weight excluding hydrogens is 426 g/mol. The maximum Gasteiger partial charge on any atom is 0.290 e. The lowest BCUT2D eigenvalue weighted by Gasteiger charge is -2.11. The van der Waals surface area contributed by atoms with Crippen LogP contribution in [0.4, 0.5) is 8.78 Å². The van der Waals surface area contributed by atoms with E-state index in [1.165, 1.54) is 23.3 Å². The molecule has 0 unspecified atom stereocenters. The SMILES string of the molecule is C/C(=C\C=C/NC=O)c1c(C)n(Cc2cc(F)ccc2F)c2cc3c(cc12)CCC3.O=CO. The van der Waals surface area contributed by atoms with Crippen molar-refractivity contribution in [1.82, 2.24) is 9.88 Å². The number of halogens is 2. The number of fused-ring (bicyclic) bond motifs is 2. The maximum absolute atomic E-state index is 14.4. The van der Waals surface area contributed by atoms with Crippen LogP contribution in [0.15, 0.2) is 48.7 Å².